The minimum Gasteiger partial charge on any atom is -0.493 e. The number of carbonyl (C=O) groups is 2. The monoisotopic (exact) mass is 955 g/mol. The van der Waals surface area contributed by atoms with Crippen molar-refractivity contribution in [2.45, 2.75) is 97.1 Å². The second-order valence-electron chi connectivity index (χ2n) is 18.2. The van der Waals surface area contributed by atoms with Crippen LogP contribution < -0.4 is 41.3 Å². The minimum absolute atomic E-state index is 0.0951. The SMILES string of the molecule is CCc1c2c(nc3ccc(OC(=O)N4CCC(N5CCCCC5)CC4)cc13)-c1cc3c(c(=O)n1C2)COC(=O)[C@]3(O)CC.COc1cc(NCc2ccc3nc(N)nc(N)c3c2C)cc(OC)c1OC. The topological polar surface area (TPSA) is 232 Å². The molecule has 18 nitrogen and oxygen atoms in total. The maximum atomic E-state index is 13.6. The zero-order chi connectivity index (χ0) is 49.4. The van der Waals surface area contributed by atoms with Crippen LogP contribution in [0.1, 0.15) is 85.8 Å². The molecule has 6 aromatic rings. The summed E-state index contributed by atoms with van der Waals surface area (Å²) >= 11 is 0. The molecule has 368 valence electrons. The average molecular weight is 956 g/mol. The molecule has 7 heterocycles. The van der Waals surface area contributed by atoms with E-state index in [9.17, 15) is 19.5 Å². The number of rotatable bonds is 10. The zero-order valence-electron chi connectivity index (χ0n) is 40.6. The highest BCUT2D eigenvalue weighted by atomic mass is 16.6. The number of aliphatic hydroxyl groups is 1. The van der Waals surface area contributed by atoms with Gasteiger partial charge in [-0.15, -0.1) is 0 Å². The Morgan fingerprint density at radius 1 is 0.886 bits per heavy atom. The highest BCUT2D eigenvalue weighted by Gasteiger charge is 2.45. The van der Waals surface area contributed by atoms with E-state index in [2.05, 4.69) is 27.1 Å². The summed E-state index contributed by atoms with van der Waals surface area (Å²) < 4.78 is 28.8. The Kier molecular flexibility index (Phi) is 13.5. The van der Waals surface area contributed by atoms with Crippen molar-refractivity contribution in [1.29, 1.82) is 0 Å². The van der Waals surface area contributed by atoms with E-state index in [-0.39, 0.29) is 30.6 Å². The molecule has 1 amide bonds. The summed E-state index contributed by atoms with van der Waals surface area (Å²) in [5.41, 5.74) is 17.7. The highest BCUT2D eigenvalue weighted by molar-refractivity contribution is 5.93. The number of amides is 1. The van der Waals surface area contributed by atoms with Crippen molar-refractivity contribution in [3.8, 4) is 34.4 Å². The molecular formula is C52H61N9O9. The number of piperidine rings is 2. The lowest BCUT2D eigenvalue weighted by atomic mass is 9.86. The molecule has 4 aliphatic heterocycles. The van der Waals surface area contributed by atoms with Gasteiger partial charge in [-0.25, -0.2) is 19.6 Å². The molecule has 3 aromatic heterocycles. The molecule has 0 spiro atoms. The van der Waals surface area contributed by atoms with Gasteiger partial charge >= 0.3 is 12.1 Å². The predicted octanol–water partition coefficient (Wildman–Crippen LogP) is 6.83. The van der Waals surface area contributed by atoms with E-state index in [1.807, 2.05) is 48.2 Å². The second-order valence-corrected chi connectivity index (χ2v) is 18.2. The fourth-order valence-electron chi connectivity index (χ4n) is 10.5. The van der Waals surface area contributed by atoms with Gasteiger partial charge in [0, 0.05) is 65.4 Å². The number of fused-ring (bicyclic) bond motifs is 6. The standard InChI is InChI=1S/C33H38N4O6.C19H23N5O3/c1-3-22-23-16-21(43-32(40)36-14-10-20(11-15-36)35-12-6-5-7-13-35)8-9-27(23)34-29-24(22)18-37-28(29)17-26-25(30(37)38)19-42-31(39)33(26,41)4-2;1-10-11(5-6-13-16(10)18(20)24-19(21)23-13)9-22-12-7-14(25-2)17(27-4)15(8-12)26-3/h8-9,16-17,20,41H,3-7,10-15,18-19H2,1-2H3;5-8,22H,9H2,1-4H3,(H4,20,21,23,24)/t33-;/m0./s1. The number of aryl methyl sites for hydroxylation is 2. The number of nitrogens with zero attached hydrogens (tertiary/aromatic N) is 6. The highest BCUT2D eigenvalue weighted by Crippen LogP contribution is 2.42. The third-order valence-corrected chi connectivity index (χ3v) is 14.4. The number of nitrogens with two attached hydrogens (primary N) is 2. The number of pyridine rings is 2. The van der Waals surface area contributed by atoms with Crippen molar-refractivity contribution < 1.29 is 38.4 Å². The molecule has 1 atom stereocenters. The van der Waals surface area contributed by atoms with Crippen LogP contribution in [-0.4, -0.2) is 100 Å². The maximum Gasteiger partial charge on any atom is 0.415 e. The van der Waals surface area contributed by atoms with Crippen LogP contribution in [0.5, 0.6) is 23.0 Å². The fraction of sp³-hybridized carbons (Fsp3) is 0.423. The first kappa shape index (κ1) is 47.9. The van der Waals surface area contributed by atoms with Gasteiger partial charge in [-0.1, -0.05) is 26.3 Å². The van der Waals surface area contributed by atoms with Gasteiger partial charge in [0.15, 0.2) is 17.1 Å². The van der Waals surface area contributed by atoms with Crippen molar-refractivity contribution >= 4 is 51.3 Å². The van der Waals surface area contributed by atoms with E-state index >= 15 is 0 Å². The molecule has 70 heavy (non-hydrogen) atoms. The van der Waals surface area contributed by atoms with E-state index in [0.717, 1.165) is 62.6 Å². The second kappa shape index (κ2) is 19.7. The number of anilines is 3. The molecule has 0 saturated carbocycles. The van der Waals surface area contributed by atoms with E-state index in [1.165, 1.54) is 32.4 Å². The summed E-state index contributed by atoms with van der Waals surface area (Å²) in [5.74, 6) is 2.01. The van der Waals surface area contributed by atoms with Gasteiger partial charge in [0.1, 0.15) is 18.2 Å². The number of methoxy groups -OCH3 is 3. The lowest BCUT2D eigenvalue weighted by Gasteiger charge is -2.39. The first-order valence-electron chi connectivity index (χ1n) is 24.0. The third-order valence-electron chi connectivity index (χ3n) is 14.4. The summed E-state index contributed by atoms with van der Waals surface area (Å²) in [6.07, 6.45) is 6.26. The Labute approximate surface area is 405 Å². The maximum absolute atomic E-state index is 13.6. The van der Waals surface area contributed by atoms with Crippen LogP contribution in [0.2, 0.25) is 0 Å². The average Bonchev–Trinajstić information content (AvgIpc) is 3.74. The van der Waals surface area contributed by atoms with E-state index < -0.39 is 11.6 Å². The van der Waals surface area contributed by atoms with E-state index in [0.29, 0.717) is 90.0 Å². The molecule has 2 saturated heterocycles. The number of cyclic esters (lactones) is 1. The van der Waals surface area contributed by atoms with Gasteiger partial charge in [-0.3, -0.25) is 4.79 Å². The molecule has 18 heteroatoms. The van der Waals surface area contributed by atoms with Gasteiger partial charge in [0.25, 0.3) is 5.56 Å². The van der Waals surface area contributed by atoms with Gasteiger partial charge in [0.2, 0.25) is 11.7 Å². The Morgan fingerprint density at radius 2 is 1.60 bits per heavy atom. The number of nitrogen functional groups attached to an aromatic ring is 2. The number of ether oxygens (including phenoxy) is 5. The number of aromatic nitrogens is 4. The van der Waals surface area contributed by atoms with Crippen molar-refractivity contribution in [1.82, 2.24) is 29.3 Å². The number of esters is 1. The van der Waals surface area contributed by atoms with Crippen LogP contribution >= 0.6 is 0 Å². The number of benzene rings is 3. The Hall–Kier alpha value is -7.18. The smallest absolute Gasteiger partial charge is 0.415 e. The first-order valence-corrected chi connectivity index (χ1v) is 24.0. The molecule has 4 aliphatic rings. The summed E-state index contributed by atoms with van der Waals surface area (Å²) in [6, 6.07) is 15.4. The van der Waals surface area contributed by atoms with Crippen LogP contribution in [0.15, 0.2) is 53.3 Å². The molecule has 0 aliphatic carbocycles. The molecule has 3 aromatic carbocycles. The Bertz CT molecular complexity index is 3050. The molecule has 0 unspecified atom stereocenters. The predicted molar refractivity (Wildman–Crippen MR) is 266 cm³/mol. The lowest BCUT2D eigenvalue weighted by molar-refractivity contribution is -0.172. The number of hydrogen-bond acceptors (Lipinski definition) is 16. The van der Waals surface area contributed by atoms with E-state index in [4.69, 9.17) is 40.1 Å². The summed E-state index contributed by atoms with van der Waals surface area (Å²) in [5, 5.41) is 16.2. The Morgan fingerprint density at radius 3 is 2.27 bits per heavy atom. The molecular weight excluding hydrogens is 895 g/mol. The van der Waals surface area contributed by atoms with Crippen LogP contribution in [0, 0.1) is 6.92 Å². The van der Waals surface area contributed by atoms with Gasteiger partial charge in [-0.2, -0.15) is 4.98 Å². The van der Waals surface area contributed by atoms with Crippen LogP contribution in [-0.2, 0) is 41.2 Å². The van der Waals surface area contributed by atoms with Crippen molar-refractivity contribution in [2.75, 3.05) is 64.3 Å². The molecule has 6 N–H and O–H groups in total. The number of hydrogen-bond donors (Lipinski definition) is 4. The largest absolute Gasteiger partial charge is 0.493 e. The van der Waals surface area contributed by atoms with Crippen molar-refractivity contribution in [2.24, 2.45) is 0 Å². The van der Waals surface area contributed by atoms with Crippen molar-refractivity contribution in [3.63, 3.8) is 0 Å². The molecule has 0 radical (unpaired) electrons. The van der Waals surface area contributed by atoms with Gasteiger partial charge in [0.05, 0.1) is 55.9 Å². The first-order chi connectivity index (χ1) is 33.8. The van der Waals surface area contributed by atoms with Crippen LogP contribution in [0.3, 0.4) is 0 Å². The normalized spacial score (nSPS) is 17.8. The van der Waals surface area contributed by atoms with Crippen molar-refractivity contribution in [3.05, 3.63) is 92.3 Å². The quantitative estimate of drug-likeness (QED) is 0.103. The summed E-state index contributed by atoms with van der Waals surface area (Å²) in [7, 11) is 4.75. The summed E-state index contributed by atoms with van der Waals surface area (Å²) in [6.45, 7) is 10.2. The van der Waals surface area contributed by atoms with Crippen LogP contribution in [0.25, 0.3) is 33.2 Å². The fourth-order valence-corrected chi connectivity index (χ4v) is 10.5. The van der Waals surface area contributed by atoms with Gasteiger partial charge < -0.3 is 59.9 Å². The number of likely N-dealkylation sites (tertiary alicyclic amines) is 2. The van der Waals surface area contributed by atoms with Gasteiger partial charge in [-0.05, 0) is 106 Å². The molecule has 2 fully saturated rings. The lowest BCUT2D eigenvalue weighted by Crippen LogP contribution is -2.48. The van der Waals surface area contributed by atoms with E-state index in [1.54, 1.807) is 45.0 Å². The molecule has 0 bridgehead atoms. The number of carbonyl (C=O) groups excluding carboxylic acids is 2. The third kappa shape index (κ3) is 8.74. The minimum atomic E-state index is -1.86. The summed E-state index contributed by atoms with van der Waals surface area (Å²) in [4.78, 5) is 56.8. The zero-order valence-corrected chi connectivity index (χ0v) is 40.6. The number of nitrogens with one attached hydrogen (secondary N) is 1. The molecule has 10 rings (SSSR count). The van der Waals surface area contributed by atoms with Crippen LogP contribution in [0.4, 0.5) is 22.2 Å². The Balaban J connectivity index is 0.000000194.